The lowest BCUT2D eigenvalue weighted by molar-refractivity contribution is 0.630. The van der Waals surface area contributed by atoms with Crippen LogP contribution in [0, 0.1) is 12.7 Å². The van der Waals surface area contributed by atoms with Gasteiger partial charge in [0.25, 0.3) is 0 Å². The van der Waals surface area contributed by atoms with Crippen LogP contribution in [0.5, 0.6) is 0 Å². The fraction of sp³-hybridized carbons (Fsp3) is 0.412. The third-order valence-electron chi connectivity index (χ3n) is 3.34. The first-order chi connectivity index (χ1) is 10.2. The molecule has 1 N–H and O–H groups in total. The minimum atomic E-state index is -0.247. The summed E-state index contributed by atoms with van der Waals surface area (Å²) in [6.07, 6.45) is 2.77. The first-order valence-electron chi connectivity index (χ1n) is 7.53. The Morgan fingerprint density at radius 1 is 1.10 bits per heavy atom. The second-order valence-corrected chi connectivity index (χ2v) is 5.12. The van der Waals surface area contributed by atoms with Gasteiger partial charge in [0, 0.05) is 24.1 Å². The van der Waals surface area contributed by atoms with E-state index in [0.717, 1.165) is 43.0 Å². The second-order valence-electron chi connectivity index (χ2n) is 5.12. The highest BCUT2D eigenvalue weighted by molar-refractivity contribution is 5.68. The average molecular weight is 287 g/mol. The number of aromatic nitrogens is 2. The van der Waals surface area contributed by atoms with Crippen molar-refractivity contribution in [3.05, 3.63) is 41.5 Å². The van der Waals surface area contributed by atoms with Crippen LogP contribution in [0.15, 0.2) is 24.3 Å². The summed E-state index contributed by atoms with van der Waals surface area (Å²) < 4.78 is 14.1. The van der Waals surface area contributed by atoms with Crippen LogP contribution >= 0.6 is 0 Å². The Hall–Kier alpha value is -1.97. The van der Waals surface area contributed by atoms with Gasteiger partial charge in [0.2, 0.25) is 0 Å². The zero-order chi connectivity index (χ0) is 15.2. The van der Waals surface area contributed by atoms with Gasteiger partial charge in [-0.05, 0) is 31.9 Å². The van der Waals surface area contributed by atoms with Gasteiger partial charge in [0.1, 0.15) is 17.5 Å². The van der Waals surface area contributed by atoms with Crippen molar-refractivity contribution in [2.75, 3.05) is 11.9 Å². The predicted molar refractivity (Wildman–Crippen MR) is 84.9 cm³/mol. The molecule has 4 heteroatoms. The molecule has 3 nitrogen and oxygen atoms in total. The standard InChI is InChI=1S/C17H22FN3/c1-4-8-15-20-16(13-9-6-7-10-14(13)18)12(3)17(21-15)19-11-5-2/h6-7,9-10H,4-5,8,11H2,1-3H3,(H,19,20,21). The molecular weight excluding hydrogens is 265 g/mol. The van der Waals surface area contributed by atoms with Gasteiger partial charge in [-0.3, -0.25) is 0 Å². The van der Waals surface area contributed by atoms with E-state index in [1.807, 2.05) is 13.0 Å². The quantitative estimate of drug-likeness (QED) is 0.857. The molecule has 0 bridgehead atoms. The summed E-state index contributed by atoms with van der Waals surface area (Å²) >= 11 is 0. The first kappa shape index (κ1) is 15.4. The maximum atomic E-state index is 14.1. The number of halogens is 1. The minimum absolute atomic E-state index is 0.247. The second kappa shape index (κ2) is 7.16. The molecule has 0 aliphatic carbocycles. The van der Waals surface area contributed by atoms with Crippen LogP contribution in [0.25, 0.3) is 11.3 Å². The summed E-state index contributed by atoms with van der Waals surface area (Å²) in [5.74, 6) is 1.33. The molecule has 0 fully saturated rings. The molecule has 0 spiro atoms. The van der Waals surface area contributed by atoms with E-state index in [9.17, 15) is 4.39 Å². The number of anilines is 1. The predicted octanol–water partition coefficient (Wildman–Crippen LogP) is 4.37. The molecule has 0 unspecified atom stereocenters. The largest absolute Gasteiger partial charge is 0.370 e. The lowest BCUT2D eigenvalue weighted by Gasteiger charge is -2.14. The van der Waals surface area contributed by atoms with Gasteiger partial charge in [-0.25, -0.2) is 14.4 Å². The van der Waals surface area contributed by atoms with E-state index >= 15 is 0 Å². The molecule has 21 heavy (non-hydrogen) atoms. The molecule has 1 heterocycles. The molecule has 0 aliphatic rings. The molecular formula is C17H22FN3. The van der Waals surface area contributed by atoms with E-state index in [2.05, 4.69) is 29.1 Å². The Balaban J connectivity index is 2.53. The van der Waals surface area contributed by atoms with Gasteiger partial charge >= 0.3 is 0 Å². The fourth-order valence-electron chi connectivity index (χ4n) is 2.23. The van der Waals surface area contributed by atoms with Crippen LogP contribution < -0.4 is 5.32 Å². The molecule has 2 rings (SSSR count). The summed E-state index contributed by atoms with van der Waals surface area (Å²) in [6, 6.07) is 6.76. The van der Waals surface area contributed by atoms with Gasteiger partial charge in [-0.2, -0.15) is 0 Å². The van der Waals surface area contributed by atoms with Crippen molar-refractivity contribution in [2.24, 2.45) is 0 Å². The highest BCUT2D eigenvalue weighted by atomic mass is 19.1. The van der Waals surface area contributed by atoms with Crippen LogP contribution in [-0.4, -0.2) is 16.5 Å². The number of nitrogens with one attached hydrogen (secondary N) is 1. The lowest BCUT2D eigenvalue weighted by Crippen LogP contribution is -2.09. The third-order valence-corrected chi connectivity index (χ3v) is 3.34. The van der Waals surface area contributed by atoms with E-state index in [0.29, 0.717) is 11.3 Å². The molecule has 0 aliphatic heterocycles. The maximum absolute atomic E-state index is 14.1. The molecule has 0 saturated carbocycles. The number of benzene rings is 1. The molecule has 1 aromatic carbocycles. The third kappa shape index (κ3) is 3.57. The highest BCUT2D eigenvalue weighted by Crippen LogP contribution is 2.28. The topological polar surface area (TPSA) is 37.8 Å². The van der Waals surface area contributed by atoms with Crippen molar-refractivity contribution in [1.29, 1.82) is 0 Å². The van der Waals surface area contributed by atoms with Crippen LogP contribution in [0.3, 0.4) is 0 Å². The van der Waals surface area contributed by atoms with Crippen LogP contribution in [0.1, 0.15) is 38.1 Å². The van der Waals surface area contributed by atoms with E-state index in [1.165, 1.54) is 6.07 Å². The zero-order valence-corrected chi connectivity index (χ0v) is 12.9. The smallest absolute Gasteiger partial charge is 0.133 e. The first-order valence-corrected chi connectivity index (χ1v) is 7.53. The average Bonchev–Trinajstić information content (AvgIpc) is 2.48. The molecule has 0 radical (unpaired) electrons. The van der Waals surface area contributed by atoms with Gasteiger partial charge in [0.05, 0.1) is 5.69 Å². The Morgan fingerprint density at radius 3 is 2.52 bits per heavy atom. The van der Waals surface area contributed by atoms with Crippen LogP contribution in [-0.2, 0) is 6.42 Å². The monoisotopic (exact) mass is 287 g/mol. The normalized spacial score (nSPS) is 10.7. The molecule has 0 saturated heterocycles. The van der Waals surface area contributed by atoms with E-state index in [1.54, 1.807) is 12.1 Å². The molecule has 1 aromatic heterocycles. The van der Waals surface area contributed by atoms with Crippen LogP contribution in [0.4, 0.5) is 10.2 Å². The Morgan fingerprint density at radius 2 is 1.86 bits per heavy atom. The van der Waals surface area contributed by atoms with E-state index in [-0.39, 0.29) is 5.82 Å². The van der Waals surface area contributed by atoms with Gasteiger partial charge in [-0.15, -0.1) is 0 Å². The van der Waals surface area contributed by atoms with Crippen molar-refractivity contribution in [3.8, 4) is 11.3 Å². The van der Waals surface area contributed by atoms with Gasteiger partial charge < -0.3 is 5.32 Å². The Bertz CT molecular complexity index is 611. The Kier molecular flexibility index (Phi) is 5.26. The molecule has 112 valence electrons. The molecule has 2 aromatic rings. The fourth-order valence-corrected chi connectivity index (χ4v) is 2.23. The van der Waals surface area contributed by atoms with Crippen molar-refractivity contribution in [3.63, 3.8) is 0 Å². The van der Waals surface area contributed by atoms with Crippen molar-refractivity contribution < 1.29 is 4.39 Å². The summed E-state index contributed by atoms with van der Waals surface area (Å²) in [6.45, 7) is 6.98. The molecule has 0 amide bonds. The summed E-state index contributed by atoms with van der Waals surface area (Å²) in [5.41, 5.74) is 2.12. The van der Waals surface area contributed by atoms with Gasteiger partial charge in [0.15, 0.2) is 0 Å². The van der Waals surface area contributed by atoms with E-state index in [4.69, 9.17) is 0 Å². The number of aryl methyl sites for hydroxylation is 1. The number of rotatable bonds is 6. The van der Waals surface area contributed by atoms with Crippen LogP contribution in [0.2, 0.25) is 0 Å². The van der Waals surface area contributed by atoms with Gasteiger partial charge in [-0.1, -0.05) is 26.0 Å². The zero-order valence-electron chi connectivity index (χ0n) is 12.9. The molecule has 0 atom stereocenters. The van der Waals surface area contributed by atoms with E-state index < -0.39 is 0 Å². The maximum Gasteiger partial charge on any atom is 0.133 e. The summed E-state index contributed by atoms with van der Waals surface area (Å²) in [5, 5.41) is 3.32. The summed E-state index contributed by atoms with van der Waals surface area (Å²) in [7, 11) is 0. The Labute approximate surface area is 125 Å². The van der Waals surface area contributed by atoms with Crippen molar-refractivity contribution in [1.82, 2.24) is 9.97 Å². The number of hydrogen-bond acceptors (Lipinski definition) is 3. The van der Waals surface area contributed by atoms with Crippen molar-refractivity contribution in [2.45, 2.75) is 40.0 Å². The number of nitrogens with zero attached hydrogens (tertiary/aromatic N) is 2. The minimum Gasteiger partial charge on any atom is -0.370 e. The van der Waals surface area contributed by atoms with Crippen molar-refractivity contribution >= 4 is 5.82 Å². The number of hydrogen-bond donors (Lipinski definition) is 1. The summed E-state index contributed by atoms with van der Waals surface area (Å²) in [4.78, 5) is 9.14. The SMILES string of the molecule is CCCNc1nc(CCC)nc(-c2ccccc2F)c1C. The highest BCUT2D eigenvalue weighted by Gasteiger charge is 2.14. The lowest BCUT2D eigenvalue weighted by atomic mass is 10.1.